The molecule has 2 unspecified atom stereocenters. The van der Waals surface area contributed by atoms with Gasteiger partial charge in [0.25, 0.3) is 0 Å². The summed E-state index contributed by atoms with van der Waals surface area (Å²) in [5.41, 5.74) is 4.42. The van der Waals surface area contributed by atoms with E-state index in [2.05, 4.69) is 22.4 Å². The minimum Gasteiger partial charge on any atom is -0.445 e. The number of pyridine rings is 1. The highest BCUT2D eigenvalue weighted by Crippen LogP contribution is 2.33. The molecule has 24 heavy (non-hydrogen) atoms. The zero-order chi connectivity index (χ0) is 16.7. The van der Waals surface area contributed by atoms with Crippen LogP contribution in [-0.4, -0.2) is 22.5 Å². The Labute approximate surface area is 139 Å². The fourth-order valence-electron chi connectivity index (χ4n) is 3.19. The first-order valence-electron chi connectivity index (χ1n) is 8.04. The van der Waals surface area contributed by atoms with E-state index in [-0.39, 0.29) is 11.8 Å². The fraction of sp³-hybridized carbons (Fsp3) is 0.263. The molecule has 1 amide bonds. The average Bonchev–Trinajstić information content (AvgIpc) is 3.20. The summed E-state index contributed by atoms with van der Waals surface area (Å²) in [7, 11) is 0. The molecule has 1 aromatic carbocycles. The Morgan fingerprint density at radius 1 is 1.38 bits per heavy atom. The SMILES string of the molecule is CC(O)c1cnc2occ(-c3cccc(C4CNC(=O)C4)c3)c2c1. The summed E-state index contributed by atoms with van der Waals surface area (Å²) in [6.45, 7) is 2.40. The van der Waals surface area contributed by atoms with Crippen molar-refractivity contribution >= 4 is 17.0 Å². The first-order chi connectivity index (χ1) is 11.6. The molecule has 1 fully saturated rings. The van der Waals surface area contributed by atoms with Crippen LogP contribution in [0.3, 0.4) is 0 Å². The van der Waals surface area contributed by atoms with Gasteiger partial charge in [0.15, 0.2) is 0 Å². The number of hydrogen-bond donors (Lipinski definition) is 2. The van der Waals surface area contributed by atoms with E-state index < -0.39 is 6.10 Å². The summed E-state index contributed by atoms with van der Waals surface area (Å²) < 4.78 is 5.56. The van der Waals surface area contributed by atoms with E-state index in [1.165, 1.54) is 0 Å². The molecule has 0 bridgehead atoms. The number of furan rings is 1. The lowest BCUT2D eigenvalue weighted by Crippen LogP contribution is -2.13. The van der Waals surface area contributed by atoms with Crippen molar-refractivity contribution in [3.8, 4) is 11.1 Å². The Balaban J connectivity index is 1.77. The predicted octanol–water partition coefficient (Wildman–Crippen LogP) is 3.15. The molecule has 1 aliphatic rings. The molecule has 5 heteroatoms. The van der Waals surface area contributed by atoms with Gasteiger partial charge in [-0.05, 0) is 29.7 Å². The molecule has 2 aromatic heterocycles. The monoisotopic (exact) mass is 322 g/mol. The Bertz CT molecular complexity index is 914. The third-order valence-corrected chi connectivity index (χ3v) is 4.58. The van der Waals surface area contributed by atoms with Gasteiger partial charge in [-0.2, -0.15) is 0 Å². The number of amides is 1. The van der Waals surface area contributed by atoms with Crippen LogP contribution in [0.1, 0.15) is 36.5 Å². The van der Waals surface area contributed by atoms with E-state index in [0.717, 1.165) is 27.6 Å². The zero-order valence-corrected chi connectivity index (χ0v) is 13.3. The van der Waals surface area contributed by atoms with Crippen LogP contribution in [0.4, 0.5) is 0 Å². The Morgan fingerprint density at radius 2 is 2.25 bits per heavy atom. The van der Waals surface area contributed by atoms with Crippen LogP contribution < -0.4 is 5.32 Å². The first-order valence-corrected chi connectivity index (χ1v) is 8.04. The van der Waals surface area contributed by atoms with Gasteiger partial charge in [-0.3, -0.25) is 4.79 Å². The molecule has 1 aliphatic heterocycles. The van der Waals surface area contributed by atoms with E-state index in [0.29, 0.717) is 18.7 Å². The number of carbonyl (C=O) groups excluding carboxylic acids is 1. The maximum absolute atomic E-state index is 11.5. The van der Waals surface area contributed by atoms with E-state index >= 15 is 0 Å². The van der Waals surface area contributed by atoms with Crippen molar-refractivity contribution in [1.82, 2.24) is 10.3 Å². The summed E-state index contributed by atoms with van der Waals surface area (Å²) in [6, 6.07) is 10.1. The topological polar surface area (TPSA) is 75.4 Å². The number of aromatic nitrogens is 1. The number of aliphatic hydroxyl groups excluding tert-OH is 1. The van der Waals surface area contributed by atoms with Gasteiger partial charge in [0.1, 0.15) is 6.26 Å². The number of carbonyl (C=O) groups is 1. The van der Waals surface area contributed by atoms with Gasteiger partial charge in [-0.15, -0.1) is 0 Å². The lowest BCUT2D eigenvalue weighted by molar-refractivity contribution is -0.119. The van der Waals surface area contributed by atoms with E-state index in [4.69, 9.17) is 4.42 Å². The molecule has 2 atom stereocenters. The second kappa shape index (κ2) is 5.76. The van der Waals surface area contributed by atoms with Gasteiger partial charge in [0, 0.05) is 36.0 Å². The van der Waals surface area contributed by atoms with Crippen LogP contribution in [0.25, 0.3) is 22.2 Å². The molecular weight excluding hydrogens is 304 g/mol. The summed E-state index contributed by atoms with van der Waals surface area (Å²) in [5.74, 6) is 0.312. The standard InChI is InChI=1S/C19H18N2O3/c1-11(22)14-6-16-17(10-24-19(16)21-8-14)13-4-2-3-12(5-13)15-7-18(23)20-9-15/h2-6,8,10-11,15,22H,7,9H2,1H3,(H,20,23). The van der Waals surface area contributed by atoms with Crippen molar-refractivity contribution < 1.29 is 14.3 Å². The Kier molecular flexibility index (Phi) is 3.58. The molecule has 122 valence electrons. The molecule has 2 N–H and O–H groups in total. The third-order valence-electron chi connectivity index (χ3n) is 4.58. The van der Waals surface area contributed by atoms with Gasteiger partial charge in [-0.1, -0.05) is 24.3 Å². The molecule has 5 nitrogen and oxygen atoms in total. The highest BCUT2D eigenvalue weighted by Gasteiger charge is 2.23. The van der Waals surface area contributed by atoms with Crippen LogP contribution >= 0.6 is 0 Å². The Morgan fingerprint density at radius 3 is 3.00 bits per heavy atom. The number of hydrogen-bond acceptors (Lipinski definition) is 4. The molecule has 1 saturated heterocycles. The lowest BCUT2D eigenvalue weighted by atomic mass is 9.94. The van der Waals surface area contributed by atoms with Gasteiger partial charge in [0.2, 0.25) is 11.6 Å². The van der Waals surface area contributed by atoms with Crippen molar-refractivity contribution in [2.45, 2.75) is 25.4 Å². The predicted molar refractivity (Wildman–Crippen MR) is 90.4 cm³/mol. The van der Waals surface area contributed by atoms with Gasteiger partial charge >= 0.3 is 0 Å². The van der Waals surface area contributed by atoms with Gasteiger partial charge < -0.3 is 14.8 Å². The highest BCUT2D eigenvalue weighted by atomic mass is 16.3. The number of fused-ring (bicyclic) bond motifs is 1. The molecule has 4 rings (SSSR count). The van der Waals surface area contributed by atoms with Crippen molar-refractivity contribution in [3.05, 3.63) is 53.9 Å². The minimum absolute atomic E-state index is 0.102. The van der Waals surface area contributed by atoms with Crippen LogP contribution in [-0.2, 0) is 4.79 Å². The quantitative estimate of drug-likeness (QED) is 0.777. The molecule has 3 aromatic rings. The largest absolute Gasteiger partial charge is 0.445 e. The normalized spacial score (nSPS) is 18.8. The van der Waals surface area contributed by atoms with E-state index in [1.54, 1.807) is 19.4 Å². The number of aliphatic hydroxyl groups is 1. The summed E-state index contributed by atoms with van der Waals surface area (Å²) in [5, 5.41) is 13.5. The smallest absolute Gasteiger partial charge is 0.226 e. The molecule has 0 spiro atoms. The molecule has 0 saturated carbocycles. The molecule has 0 radical (unpaired) electrons. The van der Waals surface area contributed by atoms with Crippen molar-refractivity contribution in [2.24, 2.45) is 0 Å². The molecule has 0 aliphatic carbocycles. The summed E-state index contributed by atoms with van der Waals surface area (Å²) in [4.78, 5) is 15.7. The number of rotatable bonds is 3. The highest BCUT2D eigenvalue weighted by molar-refractivity contribution is 5.92. The molecule has 3 heterocycles. The lowest BCUT2D eigenvalue weighted by Gasteiger charge is -2.09. The van der Waals surface area contributed by atoms with E-state index in [1.807, 2.05) is 18.2 Å². The summed E-state index contributed by atoms with van der Waals surface area (Å²) in [6.07, 6.45) is 3.28. The first kappa shape index (κ1) is 14.9. The molecular formula is C19H18N2O3. The Hall–Kier alpha value is -2.66. The third kappa shape index (κ3) is 2.57. The van der Waals surface area contributed by atoms with Crippen LogP contribution in [0.5, 0.6) is 0 Å². The number of benzene rings is 1. The zero-order valence-electron chi connectivity index (χ0n) is 13.3. The average molecular weight is 322 g/mol. The fourth-order valence-corrected chi connectivity index (χ4v) is 3.19. The minimum atomic E-state index is -0.577. The van der Waals surface area contributed by atoms with E-state index in [9.17, 15) is 9.90 Å². The number of nitrogens with one attached hydrogen (secondary N) is 1. The van der Waals surface area contributed by atoms with Gasteiger partial charge in [-0.25, -0.2) is 4.98 Å². The van der Waals surface area contributed by atoms with Crippen molar-refractivity contribution in [2.75, 3.05) is 6.54 Å². The summed E-state index contributed by atoms with van der Waals surface area (Å²) >= 11 is 0. The second-order valence-corrected chi connectivity index (χ2v) is 6.28. The maximum atomic E-state index is 11.5. The maximum Gasteiger partial charge on any atom is 0.226 e. The van der Waals surface area contributed by atoms with Crippen LogP contribution in [0.2, 0.25) is 0 Å². The number of nitrogens with zero attached hydrogens (tertiary/aromatic N) is 1. The van der Waals surface area contributed by atoms with Gasteiger partial charge in [0.05, 0.1) is 6.10 Å². The van der Waals surface area contributed by atoms with Crippen molar-refractivity contribution in [1.29, 1.82) is 0 Å². The van der Waals surface area contributed by atoms with Crippen molar-refractivity contribution in [3.63, 3.8) is 0 Å². The second-order valence-electron chi connectivity index (χ2n) is 6.28. The van der Waals surface area contributed by atoms with Crippen LogP contribution in [0, 0.1) is 0 Å². The van der Waals surface area contributed by atoms with Crippen LogP contribution in [0.15, 0.2) is 47.2 Å².